The monoisotopic (exact) mass is 478 g/mol. The second-order valence-electron chi connectivity index (χ2n) is 9.33. The normalized spacial score (nSPS) is 17.6. The third-order valence-electron chi connectivity index (χ3n) is 7.08. The summed E-state index contributed by atoms with van der Waals surface area (Å²) in [6.07, 6.45) is 3.26. The number of ether oxygens (including phenoxy) is 2. The lowest BCUT2D eigenvalue weighted by Gasteiger charge is -2.37. The van der Waals surface area contributed by atoms with Crippen LogP contribution in [0.25, 0.3) is 10.9 Å². The van der Waals surface area contributed by atoms with E-state index in [-0.39, 0.29) is 23.7 Å². The molecule has 8 heteroatoms. The van der Waals surface area contributed by atoms with Gasteiger partial charge in [0.2, 0.25) is 11.9 Å². The highest BCUT2D eigenvalue weighted by molar-refractivity contribution is 5.82. The maximum absolute atomic E-state index is 13.6. The Morgan fingerprint density at radius 1 is 0.971 bits per heavy atom. The van der Waals surface area contributed by atoms with Crippen molar-refractivity contribution in [3.63, 3.8) is 0 Å². The van der Waals surface area contributed by atoms with E-state index in [1.165, 1.54) is 12.1 Å². The van der Waals surface area contributed by atoms with Crippen molar-refractivity contribution in [3.8, 4) is 11.5 Å². The van der Waals surface area contributed by atoms with E-state index in [0.717, 1.165) is 66.9 Å². The topological polar surface area (TPSA) is 67.8 Å². The number of para-hydroxylation sites is 2. The molecule has 35 heavy (non-hydrogen) atoms. The van der Waals surface area contributed by atoms with Crippen LogP contribution in [0.2, 0.25) is 0 Å². The number of benzene rings is 2. The summed E-state index contributed by atoms with van der Waals surface area (Å²) in [5.74, 6) is 2.12. The first-order valence-electron chi connectivity index (χ1n) is 12.3. The zero-order chi connectivity index (χ0) is 24.4. The maximum Gasteiger partial charge on any atom is 0.226 e. The van der Waals surface area contributed by atoms with E-state index in [1.54, 1.807) is 13.2 Å². The number of methoxy groups -OCH3 is 1. The molecule has 5 rings (SSSR count). The lowest BCUT2D eigenvalue weighted by atomic mass is 9.94. The van der Waals surface area contributed by atoms with Gasteiger partial charge < -0.3 is 19.3 Å². The fourth-order valence-corrected chi connectivity index (χ4v) is 5.05. The molecule has 2 aliphatic heterocycles. The standard InChI is InChI=1S/C27H31FN4O3/c1-18-22-17-20(28)7-8-23(22)30-27(29-18)32-13-9-19(10-14-32)26(33)31-15-11-21(12-16-31)35-25-6-4-3-5-24(25)34-2/h3-8,17,19,21H,9-16H2,1-2H3. The second kappa shape index (κ2) is 10.1. The predicted molar refractivity (Wildman–Crippen MR) is 132 cm³/mol. The number of hydrogen-bond acceptors (Lipinski definition) is 6. The van der Waals surface area contributed by atoms with E-state index >= 15 is 0 Å². The van der Waals surface area contributed by atoms with Crippen molar-refractivity contribution in [3.05, 3.63) is 54.0 Å². The van der Waals surface area contributed by atoms with Crippen molar-refractivity contribution in [2.24, 2.45) is 5.92 Å². The number of likely N-dealkylation sites (tertiary alicyclic amines) is 1. The predicted octanol–water partition coefficient (Wildman–Crippen LogP) is 4.37. The van der Waals surface area contributed by atoms with E-state index < -0.39 is 0 Å². The van der Waals surface area contributed by atoms with E-state index in [4.69, 9.17) is 9.47 Å². The summed E-state index contributed by atoms with van der Waals surface area (Å²) >= 11 is 0. The van der Waals surface area contributed by atoms with E-state index in [2.05, 4.69) is 14.9 Å². The van der Waals surface area contributed by atoms with Crippen molar-refractivity contribution in [1.82, 2.24) is 14.9 Å². The highest BCUT2D eigenvalue weighted by Gasteiger charge is 2.32. The summed E-state index contributed by atoms with van der Waals surface area (Å²) in [6, 6.07) is 12.3. The van der Waals surface area contributed by atoms with Crippen molar-refractivity contribution in [2.45, 2.75) is 38.7 Å². The molecule has 0 atom stereocenters. The molecule has 1 aromatic heterocycles. The van der Waals surface area contributed by atoms with Crippen LogP contribution in [-0.2, 0) is 4.79 Å². The molecule has 0 spiro atoms. The number of nitrogens with zero attached hydrogens (tertiary/aromatic N) is 4. The molecule has 2 fully saturated rings. The van der Waals surface area contributed by atoms with E-state index in [1.807, 2.05) is 36.1 Å². The molecule has 2 aromatic carbocycles. The van der Waals surface area contributed by atoms with Crippen molar-refractivity contribution in [2.75, 3.05) is 38.2 Å². The number of piperidine rings is 2. The van der Waals surface area contributed by atoms with Crippen LogP contribution in [0.3, 0.4) is 0 Å². The van der Waals surface area contributed by atoms with Gasteiger partial charge in [0.1, 0.15) is 11.9 Å². The summed E-state index contributed by atoms with van der Waals surface area (Å²) < 4.78 is 25.1. The number of carbonyl (C=O) groups excluding carboxylic acids is 1. The van der Waals surface area contributed by atoms with Gasteiger partial charge in [-0.25, -0.2) is 14.4 Å². The molecule has 2 aliphatic rings. The van der Waals surface area contributed by atoms with Crippen LogP contribution in [0.5, 0.6) is 11.5 Å². The summed E-state index contributed by atoms with van der Waals surface area (Å²) in [5.41, 5.74) is 1.51. The average molecular weight is 479 g/mol. The quantitative estimate of drug-likeness (QED) is 0.543. The first-order valence-corrected chi connectivity index (χ1v) is 12.3. The molecule has 2 saturated heterocycles. The zero-order valence-corrected chi connectivity index (χ0v) is 20.2. The molecule has 184 valence electrons. The van der Waals surface area contributed by atoms with Crippen LogP contribution >= 0.6 is 0 Å². The molecule has 0 N–H and O–H groups in total. The van der Waals surface area contributed by atoms with Gasteiger partial charge in [-0.2, -0.15) is 0 Å². The number of fused-ring (bicyclic) bond motifs is 1. The van der Waals surface area contributed by atoms with Gasteiger partial charge in [-0.3, -0.25) is 4.79 Å². The summed E-state index contributed by atoms with van der Waals surface area (Å²) in [6.45, 7) is 4.76. The van der Waals surface area contributed by atoms with Crippen LogP contribution in [-0.4, -0.2) is 60.2 Å². The van der Waals surface area contributed by atoms with Crippen molar-refractivity contribution in [1.29, 1.82) is 0 Å². The fourth-order valence-electron chi connectivity index (χ4n) is 5.05. The van der Waals surface area contributed by atoms with Crippen LogP contribution < -0.4 is 14.4 Å². The molecule has 0 bridgehead atoms. The number of amides is 1. The van der Waals surface area contributed by atoms with Crippen molar-refractivity contribution >= 4 is 22.8 Å². The number of aryl methyl sites for hydroxylation is 1. The van der Waals surface area contributed by atoms with Gasteiger partial charge >= 0.3 is 0 Å². The largest absolute Gasteiger partial charge is 0.493 e. The molecule has 0 radical (unpaired) electrons. The Morgan fingerprint density at radius 2 is 1.69 bits per heavy atom. The molecule has 3 heterocycles. The first-order chi connectivity index (χ1) is 17.0. The van der Waals surface area contributed by atoms with Gasteiger partial charge in [-0.05, 0) is 50.1 Å². The molecule has 0 aliphatic carbocycles. The smallest absolute Gasteiger partial charge is 0.226 e. The van der Waals surface area contributed by atoms with Crippen LogP contribution in [0.15, 0.2) is 42.5 Å². The SMILES string of the molecule is COc1ccccc1OC1CCN(C(=O)C2CCN(c3nc(C)c4cc(F)ccc4n3)CC2)CC1. The van der Waals surface area contributed by atoms with Crippen LogP contribution in [0.1, 0.15) is 31.4 Å². The number of aromatic nitrogens is 2. The Morgan fingerprint density at radius 3 is 2.40 bits per heavy atom. The number of rotatable bonds is 5. The minimum absolute atomic E-state index is 0.0218. The van der Waals surface area contributed by atoms with Crippen molar-refractivity contribution < 1.29 is 18.7 Å². The van der Waals surface area contributed by atoms with Gasteiger partial charge in [0.25, 0.3) is 0 Å². The van der Waals surface area contributed by atoms with Crippen LogP contribution in [0.4, 0.5) is 10.3 Å². The third kappa shape index (κ3) is 5.01. The lowest BCUT2D eigenvalue weighted by Crippen LogP contribution is -2.47. The Bertz CT molecular complexity index is 1200. The molecule has 3 aromatic rings. The van der Waals surface area contributed by atoms with E-state index in [9.17, 15) is 9.18 Å². The molecular weight excluding hydrogens is 447 g/mol. The highest BCUT2D eigenvalue weighted by Crippen LogP contribution is 2.30. The molecule has 7 nitrogen and oxygen atoms in total. The maximum atomic E-state index is 13.6. The molecule has 0 unspecified atom stereocenters. The Kier molecular flexibility index (Phi) is 6.70. The van der Waals surface area contributed by atoms with Gasteiger partial charge in [-0.15, -0.1) is 0 Å². The molecule has 0 saturated carbocycles. The van der Waals surface area contributed by atoms with Gasteiger partial charge in [0.15, 0.2) is 11.5 Å². The van der Waals surface area contributed by atoms with Gasteiger partial charge in [0.05, 0.1) is 18.3 Å². The number of carbonyl (C=O) groups is 1. The minimum atomic E-state index is -0.285. The molecule has 1 amide bonds. The summed E-state index contributed by atoms with van der Waals surface area (Å²) in [5, 5.41) is 0.733. The third-order valence-corrected chi connectivity index (χ3v) is 7.08. The molecular formula is C27H31FN4O3. The van der Waals surface area contributed by atoms with Crippen LogP contribution in [0, 0.1) is 18.7 Å². The fraction of sp³-hybridized carbons (Fsp3) is 0.444. The minimum Gasteiger partial charge on any atom is -0.493 e. The highest BCUT2D eigenvalue weighted by atomic mass is 19.1. The van der Waals surface area contributed by atoms with Gasteiger partial charge in [0, 0.05) is 50.3 Å². The lowest BCUT2D eigenvalue weighted by molar-refractivity contribution is -0.138. The summed E-state index contributed by atoms with van der Waals surface area (Å²) in [7, 11) is 1.64. The zero-order valence-electron chi connectivity index (χ0n) is 20.2. The number of halogens is 1. The Labute approximate surface area is 204 Å². The number of anilines is 1. The first kappa shape index (κ1) is 23.3. The second-order valence-corrected chi connectivity index (χ2v) is 9.33. The van der Waals surface area contributed by atoms with E-state index in [0.29, 0.717) is 19.0 Å². The number of hydrogen-bond donors (Lipinski definition) is 0. The average Bonchev–Trinajstić information content (AvgIpc) is 2.89. The Hall–Kier alpha value is -3.42. The summed E-state index contributed by atoms with van der Waals surface area (Å²) in [4.78, 5) is 26.6. The Balaban J connectivity index is 1.14. The van der Waals surface area contributed by atoms with Gasteiger partial charge in [-0.1, -0.05) is 12.1 Å².